The molecule has 16 heavy (non-hydrogen) atoms. The van der Waals surface area contributed by atoms with Gasteiger partial charge in [-0.15, -0.1) is 0 Å². The van der Waals surface area contributed by atoms with Crippen molar-refractivity contribution >= 4 is 11.6 Å². The van der Waals surface area contributed by atoms with Crippen LogP contribution in [-0.4, -0.2) is 17.8 Å². The summed E-state index contributed by atoms with van der Waals surface area (Å²) in [5, 5.41) is 13.1. The molecule has 90 valence electrons. The average molecular weight is 242 g/mol. The van der Waals surface area contributed by atoms with Crippen LogP contribution in [-0.2, 0) is 6.54 Å². The van der Waals surface area contributed by atoms with Gasteiger partial charge in [-0.3, -0.25) is 0 Å². The van der Waals surface area contributed by atoms with Crippen molar-refractivity contribution in [1.82, 2.24) is 5.32 Å². The second-order valence-electron chi connectivity index (χ2n) is 4.08. The molecule has 1 atom stereocenters. The predicted molar refractivity (Wildman–Crippen MR) is 68.8 cm³/mol. The van der Waals surface area contributed by atoms with Gasteiger partial charge in [0.25, 0.3) is 0 Å². The SMILES string of the molecule is CCC(CCO)NCc1ccc(C)c(Cl)c1. The van der Waals surface area contributed by atoms with Crippen molar-refractivity contribution < 1.29 is 5.11 Å². The molecule has 0 spiro atoms. The van der Waals surface area contributed by atoms with Crippen LogP contribution >= 0.6 is 11.6 Å². The van der Waals surface area contributed by atoms with Crippen molar-refractivity contribution in [2.45, 2.75) is 39.3 Å². The monoisotopic (exact) mass is 241 g/mol. The first-order valence-electron chi connectivity index (χ1n) is 5.76. The van der Waals surface area contributed by atoms with Crippen molar-refractivity contribution in [2.24, 2.45) is 0 Å². The van der Waals surface area contributed by atoms with Gasteiger partial charge in [-0.25, -0.2) is 0 Å². The molecule has 0 aliphatic carbocycles. The van der Waals surface area contributed by atoms with Gasteiger partial charge in [0.05, 0.1) is 0 Å². The Bertz CT molecular complexity index is 328. The molecule has 0 saturated heterocycles. The Morgan fingerprint density at radius 3 is 2.75 bits per heavy atom. The minimum atomic E-state index is 0.236. The van der Waals surface area contributed by atoms with Crippen LogP contribution < -0.4 is 5.32 Å². The van der Waals surface area contributed by atoms with Gasteiger partial charge in [0.1, 0.15) is 0 Å². The first-order chi connectivity index (χ1) is 7.67. The quantitative estimate of drug-likeness (QED) is 0.803. The molecule has 0 bridgehead atoms. The molecule has 0 aliphatic heterocycles. The third-order valence-electron chi connectivity index (χ3n) is 2.80. The Morgan fingerprint density at radius 2 is 2.19 bits per heavy atom. The molecule has 0 fully saturated rings. The Kier molecular flexibility index (Phi) is 5.81. The normalized spacial score (nSPS) is 12.8. The number of nitrogens with one attached hydrogen (secondary N) is 1. The lowest BCUT2D eigenvalue weighted by Crippen LogP contribution is -2.28. The minimum absolute atomic E-state index is 0.236. The fraction of sp³-hybridized carbons (Fsp3) is 0.538. The van der Waals surface area contributed by atoms with E-state index < -0.39 is 0 Å². The maximum atomic E-state index is 8.88. The number of benzene rings is 1. The third-order valence-corrected chi connectivity index (χ3v) is 3.21. The standard InChI is InChI=1S/C13H20ClNO/c1-3-12(6-7-16)15-9-11-5-4-10(2)13(14)8-11/h4-5,8,12,15-16H,3,6-7,9H2,1-2H3. The molecular weight excluding hydrogens is 222 g/mol. The number of rotatable bonds is 6. The summed E-state index contributed by atoms with van der Waals surface area (Å²) in [5.74, 6) is 0. The molecular formula is C13H20ClNO. The highest BCUT2D eigenvalue weighted by Gasteiger charge is 2.05. The van der Waals surface area contributed by atoms with Gasteiger partial charge in [0.2, 0.25) is 0 Å². The molecule has 1 unspecified atom stereocenters. The molecule has 1 aromatic rings. The number of halogens is 1. The van der Waals surface area contributed by atoms with E-state index in [1.807, 2.05) is 19.1 Å². The van der Waals surface area contributed by atoms with E-state index in [1.54, 1.807) is 0 Å². The summed E-state index contributed by atoms with van der Waals surface area (Å²) in [4.78, 5) is 0. The number of aryl methyl sites for hydroxylation is 1. The number of hydrogen-bond donors (Lipinski definition) is 2. The van der Waals surface area contributed by atoms with Crippen LogP contribution in [0.1, 0.15) is 30.9 Å². The fourth-order valence-electron chi connectivity index (χ4n) is 1.61. The molecule has 1 rings (SSSR count). The van der Waals surface area contributed by atoms with Crippen molar-refractivity contribution in [3.63, 3.8) is 0 Å². The van der Waals surface area contributed by atoms with Crippen LogP contribution in [0.3, 0.4) is 0 Å². The van der Waals surface area contributed by atoms with Crippen LogP contribution in [0.2, 0.25) is 5.02 Å². The summed E-state index contributed by atoms with van der Waals surface area (Å²) in [6, 6.07) is 6.49. The van der Waals surface area contributed by atoms with E-state index in [9.17, 15) is 0 Å². The smallest absolute Gasteiger partial charge is 0.0445 e. The van der Waals surface area contributed by atoms with Gasteiger partial charge in [0.15, 0.2) is 0 Å². The van der Waals surface area contributed by atoms with Crippen LogP contribution in [0.4, 0.5) is 0 Å². The maximum Gasteiger partial charge on any atom is 0.0445 e. The molecule has 0 saturated carbocycles. The van der Waals surface area contributed by atoms with Crippen LogP contribution in [0.15, 0.2) is 18.2 Å². The van der Waals surface area contributed by atoms with Gasteiger partial charge in [-0.2, -0.15) is 0 Å². The van der Waals surface area contributed by atoms with E-state index in [-0.39, 0.29) is 6.61 Å². The summed E-state index contributed by atoms with van der Waals surface area (Å²) in [5.41, 5.74) is 2.29. The summed E-state index contributed by atoms with van der Waals surface area (Å²) in [7, 11) is 0. The molecule has 0 heterocycles. The molecule has 1 aromatic carbocycles. The van der Waals surface area contributed by atoms with E-state index in [0.29, 0.717) is 6.04 Å². The zero-order valence-corrected chi connectivity index (χ0v) is 10.7. The molecule has 3 heteroatoms. The highest BCUT2D eigenvalue weighted by atomic mass is 35.5. The van der Waals surface area contributed by atoms with Crippen LogP contribution in [0.5, 0.6) is 0 Å². The van der Waals surface area contributed by atoms with Crippen LogP contribution in [0.25, 0.3) is 0 Å². The van der Waals surface area contributed by atoms with Gasteiger partial charge in [0, 0.05) is 24.2 Å². The molecule has 0 aliphatic rings. The van der Waals surface area contributed by atoms with Crippen LogP contribution in [0, 0.1) is 6.92 Å². The Balaban J connectivity index is 2.50. The predicted octanol–water partition coefficient (Wildman–Crippen LogP) is 2.90. The van der Waals surface area contributed by atoms with E-state index in [0.717, 1.165) is 30.0 Å². The first-order valence-corrected chi connectivity index (χ1v) is 6.14. The fourth-order valence-corrected chi connectivity index (χ4v) is 1.82. The van der Waals surface area contributed by atoms with E-state index >= 15 is 0 Å². The van der Waals surface area contributed by atoms with E-state index in [1.165, 1.54) is 5.56 Å². The number of hydrogen-bond acceptors (Lipinski definition) is 2. The van der Waals surface area contributed by atoms with Crippen molar-refractivity contribution in [3.05, 3.63) is 34.3 Å². The highest BCUT2D eigenvalue weighted by Crippen LogP contribution is 2.16. The first kappa shape index (κ1) is 13.5. The lowest BCUT2D eigenvalue weighted by molar-refractivity contribution is 0.262. The zero-order valence-electron chi connectivity index (χ0n) is 9.96. The lowest BCUT2D eigenvalue weighted by Gasteiger charge is -2.15. The zero-order chi connectivity index (χ0) is 12.0. The van der Waals surface area contributed by atoms with Crippen molar-refractivity contribution in [3.8, 4) is 0 Å². The second kappa shape index (κ2) is 6.89. The van der Waals surface area contributed by atoms with Crippen molar-refractivity contribution in [2.75, 3.05) is 6.61 Å². The molecule has 2 nitrogen and oxygen atoms in total. The Hall–Kier alpha value is -0.570. The van der Waals surface area contributed by atoms with Gasteiger partial charge in [-0.1, -0.05) is 30.7 Å². The third kappa shape index (κ3) is 4.12. The summed E-state index contributed by atoms with van der Waals surface area (Å²) < 4.78 is 0. The van der Waals surface area contributed by atoms with E-state index in [4.69, 9.17) is 16.7 Å². The van der Waals surface area contributed by atoms with Gasteiger partial charge < -0.3 is 10.4 Å². The van der Waals surface area contributed by atoms with Crippen molar-refractivity contribution in [1.29, 1.82) is 0 Å². The average Bonchev–Trinajstić information content (AvgIpc) is 2.28. The molecule has 0 aromatic heterocycles. The molecule has 0 amide bonds. The van der Waals surface area contributed by atoms with E-state index in [2.05, 4.69) is 18.3 Å². The molecule has 0 radical (unpaired) electrons. The Morgan fingerprint density at radius 1 is 1.44 bits per heavy atom. The summed E-state index contributed by atoms with van der Waals surface area (Å²) in [6.07, 6.45) is 1.83. The summed E-state index contributed by atoms with van der Waals surface area (Å²) in [6.45, 7) is 5.16. The number of aliphatic hydroxyl groups is 1. The second-order valence-corrected chi connectivity index (χ2v) is 4.49. The molecule has 2 N–H and O–H groups in total. The maximum absolute atomic E-state index is 8.88. The van der Waals surface area contributed by atoms with Gasteiger partial charge >= 0.3 is 0 Å². The Labute approximate surface area is 103 Å². The largest absolute Gasteiger partial charge is 0.396 e. The van der Waals surface area contributed by atoms with Gasteiger partial charge in [-0.05, 0) is 37.0 Å². The summed E-state index contributed by atoms with van der Waals surface area (Å²) >= 11 is 6.06. The minimum Gasteiger partial charge on any atom is -0.396 e. The topological polar surface area (TPSA) is 32.3 Å². The number of aliphatic hydroxyl groups excluding tert-OH is 1. The lowest BCUT2D eigenvalue weighted by atomic mass is 10.1. The highest BCUT2D eigenvalue weighted by molar-refractivity contribution is 6.31.